The number of hydrogen-bond donors (Lipinski definition) is 2. The Balaban J connectivity index is 2.11. The van der Waals surface area contributed by atoms with Gasteiger partial charge in [-0.05, 0) is 47.4 Å². The predicted octanol–water partition coefficient (Wildman–Crippen LogP) is 4.54. The number of halogens is 1. The van der Waals surface area contributed by atoms with Crippen molar-refractivity contribution in [2.45, 2.75) is 64.2 Å². The maximum atomic E-state index is 12.3. The highest BCUT2D eigenvalue weighted by Gasteiger charge is 2.37. The minimum absolute atomic E-state index is 0.161. The molecule has 128 valence electrons. The van der Waals surface area contributed by atoms with E-state index in [1.54, 1.807) is 0 Å². The molecule has 0 bridgehead atoms. The van der Waals surface area contributed by atoms with E-state index < -0.39 is 11.9 Å². The smallest absolute Gasteiger partial charge is 0.410 e. The van der Waals surface area contributed by atoms with Gasteiger partial charge in [-0.2, -0.15) is 0 Å². The summed E-state index contributed by atoms with van der Waals surface area (Å²) in [6.07, 6.45) is 5.31. The topological polar surface area (TPSA) is 58.6 Å². The Kier molecular flexibility index (Phi) is 6.71. The number of rotatable bonds is 5. The van der Waals surface area contributed by atoms with Gasteiger partial charge in [-0.25, -0.2) is 4.79 Å². The lowest BCUT2D eigenvalue weighted by atomic mass is 9.95. The highest BCUT2D eigenvalue weighted by molar-refractivity contribution is 14.1. The van der Waals surface area contributed by atoms with Gasteiger partial charge >= 0.3 is 6.09 Å². The summed E-state index contributed by atoms with van der Waals surface area (Å²) in [5, 5.41) is 14.0. The first-order chi connectivity index (χ1) is 10.9. The van der Waals surface area contributed by atoms with E-state index in [-0.39, 0.29) is 12.0 Å². The molecule has 0 aromatic heterocycles. The standard InChI is InChI=1S/C18H26INO3/c1-13(2)12-18(22,15-10-6-7-11-16(15)19)23-17(21)20-14-8-4-3-5-9-14/h6-7,10-11,13-14,22H,3-5,8-9,12H2,1-2H3,(H,20,21)/t18-/m0/s1. The lowest BCUT2D eigenvalue weighted by Crippen LogP contribution is -2.43. The first-order valence-electron chi connectivity index (χ1n) is 8.37. The van der Waals surface area contributed by atoms with Crippen LogP contribution in [0.5, 0.6) is 0 Å². The van der Waals surface area contributed by atoms with Crippen LogP contribution in [-0.4, -0.2) is 17.2 Å². The zero-order valence-electron chi connectivity index (χ0n) is 13.8. The van der Waals surface area contributed by atoms with Crippen molar-refractivity contribution in [2.24, 2.45) is 5.92 Å². The number of nitrogens with one attached hydrogen (secondary N) is 1. The molecule has 2 N–H and O–H groups in total. The summed E-state index contributed by atoms with van der Waals surface area (Å²) in [4.78, 5) is 12.3. The number of aliphatic hydroxyl groups is 1. The van der Waals surface area contributed by atoms with Crippen LogP contribution in [0.3, 0.4) is 0 Å². The number of carbonyl (C=O) groups is 1. The third-order valence-electron chi connectivity index (χ3n) is 4.17. The van der Waals surface area contributed by atoms with Gasteiger partial charge in [-0.3, -0.25) is 0 Å². The fourth-order valence-electron chi connectivity index (χ4n) is 3.13. The minimum Gasteiger partial charge on any atom is -0.413 e. The summed E-state index contributed by atoms with van der Waals surface area (Å²) in [6.45, 7) is 4.01. The van der Waals surface area contributed by atoms with Crippen LogP contribution in [0, 0.1) is 9.49 Å². The van der Waals surface area contributed by atoms with Crippen LogP contribution >= 0.6 is 22.6 Å². The van der Waals surface area contributed by atoms with Crippen LogP contribution in [0.2, 0.25) is 0 Å². The molecule has 0 saturated heterocycles. The van der Waals surface area contributed by atoms with Crippen molar-refractivity contribution in [1.29, 1.82) is 0 Å². The number of hydrogen-bond acceptors (Lipinski definition) is 3. The van der Waals surface area contributed by atoms with E-state index in [9.17, 15) is 9.90 Å². The van der Waals surface area contributed by atoms with E-state index in [0.29, 0.717) is 12.0 Å². The highest BCUT2D eigenvalue weighted by Crippen LogP contribution is 2.33. The Morgan fingerprint density at radius 3 is 2.61 bits per heavy atom. The molecule has 0 heterocycles. The Morgan fingerprint density at radius 2 is 2.00 bits per heavy atom. The lowest BCUT2D eigenvalue weighted by molar-refractivity contribution is -0.182. The molecule has 0 radical (unpaired) electrons. The fourth-order valence-corrected chi connectivity index (χ4v) is 3.94. The summed E-state index contributed by atoms with van der Waals surface area (Å²) < 4.78 is 6.41. The maximum Gasteiger partial charge on any atom is 0.410 e. The first kappa shape index (κ1) is 18.5. The minimum atomic E-state index is -1.59. The molecule has 1 aliphatic rings. The van der Waals surface area contributed by atoms with Gasteiger partial charge in [0, 0.05) is 21.6 Å². The van der Waals surface area contributed by atoms with Crippen LogP contribution < -0.4 is 5.32 Å². The maximum absolute atomic E-state index is 12.3. The second-order valence-corrected chi connectivity index (χ2v) is 7.89. The van der Waals surface area contributed by atoms with Gasteiger partial charge < -0.3 is 15.2 Å². The molecule has 0 aliphatic heterocycles. The van der Waals surface area contributed by atoms with Gasteiger partial charge in [0.05, 0.1) is 0 Å². The van der Waals surface area contributed by atoms with Gasteiger partial charge in [0.15, 0.2) is 0 Å². The van der Waals surface area contributed by atoms with Crippen molar-refractivity contribution < 1.29 is 14.6 Å². The average molecular weight is 431 g/mol. The zero-order chi connectivity index (χ0) is 16.9. The van der Waals surface area contributed by atoms with E-state index >= 15 is 0 Å². The fraction of sp³-hybridized carbons (Fsp3) is 0.611. The van der Waals surface area contributed by atoms with Gasteiger partial charge in [-0.15, -0.1) is 0 Å². The van der Waals surface area contributed by atoms with Crippen LogP contribution in [-0.2, 0) is 10.5 Å². The molecule has 0 unspecified atom stereocenters. The Labute approximate surface area is 152 Å². The number of benzene rings is 1. The van der Waals surface area contributed by atoms with Gasteiger partial charge in [-0.1, -0.05) is 51.3 Å². The van der Waals surface area contributed by atoms with Crippen LogP contribution in [0.15, 0.2) is 24.3 Å². The van der Waals surface area contributed by atoms with Crippen LogP contribution in [0.4, 0.5) is 4.79 Å². The second-order valence-electron chi connectivity index (χ2n) is 6.73. The van der Waals surface area contributed by atoms with Crippen LogP contribution in [0.1, 0.15) is 57.9 Å². The van der Waals surface area contributed by atoms with E-state index in [1.165, 1.54) is 6.42 Å². The number of ether oxygens (including phenoxy) is 1. The monoisotopic (exact) mass is 431 g/mol. The zero-order valence-corrected chi connectivity index (χ0v) is 16.0. The molecule has 1 aromatic rings. The summed E-state index contributed by atoms with van der Waals surface area (Å²) in [7, 11) is 0. The molecular formula is C18H26INO3. The van der Waals surface area contributed by atoms with Crippen molar-refractivity contribution >= 4 is 28.7 Å². The quantitative estimate of drug-likeness (QED) is 0.532. The van der Waals surface area contributed by atoms with Crippen molar-refractivity contribution in [1.82, 2.24) is 5.32 Å². The predicted molar refractivity (Wildman–Crippen MR) is 99.0 cm³/mol. The molecule has 0 spiro atoms. The number of carbonyl (C=O) groups excluding carboxylic acids is 1. The molecule has 1 amide bonds. The second kappa shape index (κ2) is 8.33. The molecule has 4 nitrogen and oxygen atoms in total. The highest BCUT2D eigenvalue weighted by atomic mass is 127. The molecule has 5 heteroatoms. The molecule has 1 saturated carbocycles. The van der Waals surface area contributed by atoms with Crippen LogP contribution in [0.25, 0.3) is 0 Å². The van der Waals surface area contributed by atoms with Crippen molar-refractivity contribution in [3.05, 3.63) is 33.4 Å². The molecular weight excluding hydrogens is 405 g/mol. The summed E-state index contributed by atoms with van der Waals surface area (Å²) in [5.74, 6) is -1.40. The summed E-state index contributed by atoms with van der Waals surface area (Å²) in [5.41, 5.74) is 0.646. The van der Waals surface area contributed by atoms with Crippen molar-refractivity contribution in [2.75, 3.05) is 0 Å². The molecule has 1 aliphatic carbocycles. The van der Waals surface area contributed by atoms with Gasteiger partial charge in [0.2, 0.25) is 5.79 Å². The third-order valence-corrected chi connectivity index (χ3v) is 5.11. The Hall–Kier alpha value is -0.820. The normalized spacial score (nSPS) is 18.5. The largest absolute Gasteiger partial charge is 0.413 e. The average Bonchev–Trinajstić information content (AvgIpc) is 2.47. The Bertz CT molecular complexity index is 529. The molecule has 2 rings (SSSR count). The molecule has 1 atom stereocenters. The van der Waals surface area contributed by atoms with Gasteiger partial charge in [0.25, 0.3) is 0 Å². The summed E-state index contributed by atoms with van der Waals surface area (Å²) in [6, 6.07) is 7.64. The SMILES string of the molecule is CC(C)C[C@](O)(OC(=O)NC1CCCCC1)c1ccccc1I. The van der Waals surface area contributed by atoms with Crippen molar-refractivity contribution in [3.63, 3.8) is 0 Å². The van der Waals surface area contributed by atoms with E-state index in [0.717, 1.165) is 29.3 Å². The lowest BCUT2D eigenvalue weighted by Gasteiger charge is -2.32. The number of amides is 1. The third kappa shape index (κ3) is 5.35. The van der Waals surface area contributed by atoms with E-state index in [1.807, 2.05) is 38.1 Å². The summed E-state index contributed by atoms with van der Waals surface area (Å²) >= 11 is 2.16. The van der Waals surface area contributed by atoms with E-state index in [4.69, 9.17) is 4.74 Å². The Morgan fingerprint density at radius 1 is 1.35 bits per heavy atom. The molecule has 1 fully saturated rings. The first-order valence-corrected chi connectivity index (χ1v) is 9.45. The van der Waals surface area contributed by atoms with Gasteiger partial charge in [0.1, 0.15) is 0 Å². The van der Waals surface area contributed by atoms with Crippen molar-refractivity contribution in [3.8, 4) is 0 Å². The molecule has 1 aromatic carbocycles. The van der Waals surface area contributed by atoms with E-state index in [2.05, 4.69) is 27.9 Å². The number of alkyl carbamates (subject to hydrolysis) is 1. The molecule has 23 heavy (non-hydrogen) atoms.